The monoisotopic (exact) mass is 357 g/mol. The Hall–Kier alpha value is -0.940. The Morgan fingerprint density at radius 3 is 3.00 bits per heavy atom. The summed E-state index contributed by atoms with van der Waals surface area (Å²) in [5, 5.41) is 8.80. The summed E-state index contributed by atoms with van der Waals surface area (Å²) in [6.45, 7) is 4.05. The summed E-state index contributed by atoms with van der Waals surface area (Å²) in [5.41, 5.74) is 1.08. The average molecular weight is 358 g/mol. The van der Waals surface area contributed by atoms with Gasteiger partial charge in [0.15, 0.2) is 0 Å². The fraction of sp³-hybridized carbons (Fsp3) is 0.562. The number of carboxylic acids is 1. The predicted molar refractivity (Wildman–Crippen MR) is 83.7 cm³/mol. The van der Waals surface area contributed by atoms with Crippen LogP contribution in [-0.4, -0.2) is 29.1 Å². The molecule has 1 aliphatic rings. The molecule has 0 saturated carbocycles. The molecule has 1 N–H and O–H groups in total. The van der Waals surface area contributed by atoms with E-state index in [4.69, 9.17) is 5.11 Å². The molecule has 0 aliphatic carbocycles. The van der Waals surface area contributed by atoms with E-state index < -0.39 is 5.97 Å². The highest BCUT2D eigenvalue weighted by molar-refractivity contribution is 9.10. The van der Waals surface area contributed by atoms with Crippen LogP contribution in [0.25, 0.3) is 0 Å². The topological polar surface area (TPSA) is 40.5 Å². The van der Waals surface area contributed by atoms with Crippen LogP contribution in [0.1, 0.15) is 44.2 Å². The lowest BCUT2D eigenvalue weighted by Gasteiger charge is -2.37. The molecule has 1 aliphatic heterocycles. The molecule has 2 unspecified atom stereocenters. The summed E-state index contributed by atoms with van der Waals surface area (Å²) in [6, 6.07) is 5.01. The normalized spacial score (nSPS) is 21.2. The van der Waals surface area contributed by atoms with Crippen molar-refractivity contribution in [2.24, 2.45) is 5.92 Å². The second-order valence-corrected chi connectivity index (χ2v) is 6.63. The summed E-state index contributed by atoms with van der Waals surface area (Å²) in [7, 11) is 0. The number of benzene rings is 1. The van der Waals surface area contributed by atoms with E-state index >= 15 is 0 Å². The van der Waals surface area contributed by atoms with Crippen molar-refractivity contribution in [3.8, 4) is 0 Å². The molecule has 0 spiro atoms. The van der Waals surface area contributed by atoms with Crippen LogP contribution in [0.5, 0.6) is 0 Å². The summed E-state index contributed by atoms with van der Waals surface area (Å²) in [4.78, 5) is 13.1. The first kappa shape index (κ1) is 16.4. The summed E-state index contributed by atoms with van der Waals surface area (Å²) >= 11 is 3.43. The number of halogens is 2. The highest BCUT2D eigenvalue weighted by atomic mass is 79.9. The van der Waals surface area contributed by atoms with Gasteiger partial charge in [-0.1, -0.05) is 22.0 Å². The first-order valence-electron chi connectivity index (χ1n) is 7.38. The summed E-state index contributed by atoms with van der Waals surface area (Å²) in [6.07, 6.45) is 3.17. The van der Waals surface area contributed by atoms with Crippen molar-refractivity contribution in [2.45, 2.75) is 38.6 Å². The lowest BCUT2D eigenvalue weighted by Crippen LogP contribution is -2.37. The SMILES string of the molecule is CC(c1ccc(F)cc1Br)N1CCCC(CCC(=O)O)C1. The maximum absolute atomic E-state index is 13.2. The van der Waals surface area contributed by atoms with Gasteiger partial charge >= 0.3 is 5.97 Å². The fourth-order valence-electron chi connectivity index (χ4n) is 3.05. The van der Waals surface area contributed by atoms with Crippen LogP contribution in [0, 0.1) is 11.7 Å². The molecule has 1 saturated heterocycles. The van der Waals surface area contributed by atoms with Crippen molar-refractivity contribution in [3.05, 3.63) is 34.1 Å². The fourth-order valence-corrected chi connectivity index (χ4v) is 3.73. The van der Waals surface area contributed by atoms with Crippen molar-refractivity contribution in [1.29, 1.82) is 0 Å². The van der Waals surface area contributed by atoms with Gasteiger partial charge in [0.25, 0.3) is 0 Å². The van der Waals surface area contributed by atoms with Crippen molar-refractivity contribution >= 4 is 21.9 Å². The Morgan fingerprint density at radius 1 is 1.57 bits per heavy atom. The number of hydrogen-bond donors (Lipinski definition) is 1. The molecule has 116 valence electrons. The van der Waals surface area contributed by atoms with E-state index in [1.165, 1.54) is 12.1 Å². The Kier molecular flexibility index (Phi) is 5.76. The van der Waals surface area contributed by atoms with Crippen LogP contribution in [0.4, 0.5) is 4.39 Å². The number of rotatable bonds is 5. The minimum Gasteiger partial charge on any atom is -0.481 e. The molecule has 3 nitrogen and oxygen atoms in total. The predicted octanol–water partition coefficient (Wildman–Crippen LogP) is 4.23. The van der Waals surface area contributed by atoms with Gasteiger partial charge < -0.3 is 5.11 Å². The third-order valence-electron chi connectivity index (χ3n) is 4.28. The van der Waals surface area contributed by atoms with Gasteiger partial charge in [0.1, 0.15) is 5.82 Å². The molecule has 1 fully saturated rings. The lowest BCUT2D eigenvalue weighted by molar-refractivity contribution is -0.137. The molecule has 0 bridgehead atoms. The summed E-state index contributed by atoms with van der Waals surface area (Å²) in [5.74, 6) is -0.520. The molecule has 2 atom stereocenters. The molecular formula is C16H21BrFNO2. The van der Waals surface area contributed by atoms with Gasteiger partial charge in [-0.2, -0.15) is 0 Å². The first-order valence-corrected chi connectivity index (χ1v) is 8.17. The van der Waals surface area contributed by atoms with Crippen LogP contribution in [-0.2, 0) is 4.79 Å². The number of carbonyl (C=O) groups is 1. The smallest absolute Gasteiger partial charge is 0.303 e. The van der Waals surface area contributed by atoms with Gasteiger partial charge in [-0.3, -0.25) is 9.69 Å². The van der Waals surface area contributed by atoms with Crippen LogP contribution >= 0.6 is 15.9 Å². The highest BCUT2D eigenvalue weighted by Crippen LogP contribution is 2.32. The molecule has 0 amide bonds. The molecule has 5 heteroatoms. The zero-order valence-corrected chi connectivity index (χ0v) is 13.8. The third kappa shape index (κ3) is 4.51. The van der Waals surface area contributed by atoms with E-state index in [0.717, 1.165) is 42.4 Å². The molecule has 1 aromatic carbocycles. The standard InChI is InChI=1S/C16H21BrFNO2/c1-11(14-6-5-13(18)9-15(14)17)19-8-2-3-12(10-19)4-7-16(20)21/h5-6,9,11-12H,2-4,7-8,10H2,1H3,(H,20,21). The average Bonchev–Trinajstić information content (AvgIpc) is 2.45. The van der Waals surface area contributed by atoms with Crippen LogP contribution < -0.4 is 0 Å². The van der Waals surface area contributed by atoms with Crippen LogP contribution in [0.15, 0.2) is 22.7 Å². The van der Waals surface area contributed by atoms with Gasteiger partial charge in [0.2, 0.25) is 0 Å². The number of carboxylic acid groups (broad SMARTS) is 1. The van der Waals surface area contributed by atoms with Crippen molar-refractivity contribution in [2.75, 3.05) is 13.1 Å². The maximum Gasteiger partial charge on any atom is 0.303 e. The van der Waals surface area contributed by atoms with E-state index in [1.807, 2.05) is 6.07 Å². The van der Waals surface area contributed by atoms with Gasteiger partial charge in [-0.15, -0.1) is 0 Å². The van der Waals surface area contributed by atoms with Gasteiger partial charge in [0, 0.05) is 23.5 Å². The van der Waals surface area contributed by atoms with Crippen LogP contribution in [0.2, 0.25) is 0 Å². The first-order chi connectivity index (χ1) is 9.97. The summed E-state index contributed by atoms with van der Waals surface area (Å²) < 4.78 is 14.0. The molecule has 0 aromatic heterocycles. The molecule has 0 radical (unpaired) electrons. The van der Waals surface area contributed by atoms with Crippen molar-refractivity contribution in [1.82, 2.24) is 4.90 Å². The van der Waals surface area contributed by atoms with Crippen molar-refractivity contribution < 1.29 is 14.3 Å². The van der Waals surface area contributed by atoms with Crippen molar-refractivity contribution in [3.63, 3.8) is 0 Å². The van der Waals surface area contributed by atoms with E-state index in [2.05, 4.69) is 27.8 Å². The maximum atomic E-state index is 13.2. The minimum atomic E-state index is -0.721. The van der Waals surface area contributed by atoms with Gasteiger partial charge in [-0.05, 0) is 56.3 Å². The lowest BCUT2D eigenvalue weighted by atomic mass is 9.91. The molecule has 21 heavy (non-hydrogen) atoms. The Bertz CT molecular complexity index is 509. The van der Waals surface area contributed by atoms with Gasteiger partial charge in [0.05, 0.1) is 0 Å². The Labute approximate surface area is 133 Å². The van der Waals surface area contributed by atoms with Crippen LogP contribution in [0.3, 0.4) is 0 Å². The van der Waals surface area contributed by atoms with Gasteiger partial charge in [-0.25, -0.2) is 4.39 Å². The number of hydrogen-bond acceptors (Lipinski definition) is 2. The number of aliphatic carboxylic acids is 1. The van der Waals surface area contributed by atoms with E-state index in [-0.39, 0.29) is 18.3 Å². The Morgan fingerprint density at radius 2 is 2.33 bits per heavy atom. The molecule has 1 heterocycles. The minimum absolute atomic E-state index is 0.201. The molecule has 1 aromatic rings. The third-order valence-corrected chi connectivity index (χ3v) is 4.96. The number of piperidine rings is 1. The largest absolute Gasteiger partial charge is 0.481 e. The second-order valence-electron chi connectivity index (χ2n) is 5.78. The molecule has 2 rings (SSSR count). The number of nitrogens with zero attached hydrogens (tertiary/aromatic N) is 1. The zero-order chi connectivity index (χ0) is 15.4. The number of likely N-dealkylation sites (tertiary alicyclic amines) is 1. The molecular weight excluding hydrogens is 337 g/mol. The zero-order valence-electron chi connectivity index (χ0n) is 12.2. The van der Waals surface area contributed by atoms with E-state index in [0.29, 0.717) is 5.92 Å². The second kappa shape index (κ2) is 7.36. The Balaban J connectivity index is 2.01. The quantitative estimate of drug-likeness (QED) is 0.857. The highest BCUT2D eigenvalue weighted by Gasteiger charge is 2.25. The van der Waals surface area contributed by atoms with E-state index in [9.17, 15) is 9.18 Å². The van der Waals surface area contributed by atoms with E-state index in [1.54, 1.807) is 0 Å².